The largest absolute Gasteiger partial charge is 0.527 e. The summed E-state index contributed by atoms with van der Waals surface area (Å²) in [5, 5.41) is 0. The van der Waals surface area contributed by atoms with Gasteiger partial charge in [-0.3, -0.25) is 0 Å². The third-order valence-electron chi connectivity index (χ3n) is 7.45. The van der Waals surface area contributed by atoms with Crippen molar-refractivity contribution in [3.63, 3.8) is 0 Å². The standard InChI is InChI=1S/C24H37O5.Al.HI.H/c1-14-15(2)21(13-26-12-20-10-8-7-9-11-20)28-24(16(14)3)29-22-17(4)19(6)27-23(25)18(22)5;;;/h7-11,14-19,21-24H,12-13H2,1-6H3;;1H;/q-1;+2;;/p-1/t14?,15-,16?,17-,18?,19?,21-,22-,23+,24+;;;/m0.../s1. The van der Waals surface area contributed by atoms with Gasteiger partial charge in [0, 0.05) is 17.8 Å². The summed E-state index contributed by atoms with van der Waals surface area (Å²) >= 11 is 1.78. The highest BCUT2D eigenvalue weighted by Crippen LogP contribution is 2.40. The Morgan fingerprint density at radius 3 is 2.23 bits per heavy atom. The van der Waals surface area contributed by atoms with Crippen LogP contribution in [0.3, 0.4) is 0 Å². The molecule has 0 spiro atoms. The van der Waals surface area contributed by atoms with Crippen LogP contribution in [0, 0.1) is 29.6 Å². The van der Waals surface area contributed by atoms with Crippen LogP contribution in [0.2, 0.25) is 0 Å². The molecule has 2 fully saturated rings. The minimum absolute atomic E-state index is 0.0246. The van der Waals surface area contributed by atoms with Gasteiger partial charge in [-0.25, -0.2) is 0 Å². The lowest BCUT2D eigenvalue weighted by molar-refractivity contribution is -0.313. The van der Waals surface area contributed by atoms with E-state index in [1.165, 1.54) is 5.56 Å². The maximum absolute atomic E-state index is 6.70. The first-order valence-electron chi connectivity index (χ1n) is 11.6. The van der Waals surface area contributed by atoms with Crippen molar-refractivity contribution in [1.82, 2.24) is 0 Å². The molecule has 2 aliphatic heterocycles. The van der Waals surface area contributed by atoms with Crippen molar-refractivity contribution in [3.8, 4) is 0 Å². The highest BCUT2D eigenvalue weighted by atomic mass is 127. The molecule has 174 valence electrons. The van der Waals surface area contributed by atoms with E-state index in [9.17, 15) is 0 Å². The zero-order valence-corrected chi connectivity index (χ0v) is 23.3. The van der Waals surface area contributed by atoms with Gasteiger partial charge in [-0.05, 0) is 24.3 Å². The van der Waals surface area contributed by atoms with Crippen LogP contribution < -0.4 is 0 Å². The van der Waals surface area contributed by atoms with Crippen LogP contribution >= 0.6 is 20.3 Å². The first-order valence-corrected chi connectivity index (χ1v) is 17.3. The highest BCUT2D eigenvalue weighted by molar-refractivity contribution is 14.1. The molecule has 0 bridgehead atoms. The zero-order chi connectivity index (χ0) is 22.5. The molecule has 31 heavy (non-hydrogen) atoms. The van der Waals surface area contributed by atoms with Gasteiger partial charge in [0.15, 0.2) is 6.29 Å². The predicted octanol–water partition coefficient (Wildman–Crippen LogP) is 4.96. The summed E-state index contributed by atoms with van der Waals surface area (Å²) in [4.78, 5) is 0. The van der Waals surface area contributed by atoms with E-state index in [4.69, 9.17) is 22.7 Å². The van der Waals surface area contributed by atoms with Gasteiger partial charge < -0.3 is 22.7 Å². The lowest BCUT2D eigenvalue weighted by Gasteiger charge is -2.48. The fourth-order valence-corrected chi connectivity index (χ4v) is 6.29. The third-order valence-corrected chi connectivity index (χ3v) is 8.98. The van der Waals surface area contributed by atoms with Crippen LogP contribution in [0.1, 0.15) is 47.1 Å². The zero-order valence-electron chi connectivity index (χ0n) is 19.7. The van der Waals surface area contributed by atoms with Crippen LogP contribution in [-0.2, 0) is 29.3 Å². The molecule has 4 unspecified atom stereocenters. The minimum Gasteiger partial charge on any atom is -0.472 e. The van der Waals surface area contributed by atoms with Gasteiger partial charge in [0.1, 0.15) is 6.29 Å². The summed E-state index contributed by atoms with van der Waals surface area (Å²) in [5.41, 5.74) is 1.18. The summed E-state index contributed by atoms with van der Waals surface area (Å²) in [5.74, 6) is 1.67. The van der Waals surface area contributed by atoms with Crippen molar-refractivity contribution in [2.24, 2.45) is 29.6 Å². The fraction of sp³-hybridized carbons (Fsp3) is 0.750. The Kier molecular flexibility index (Phi) is 10.1. The first kappa shape index (κ1) is 25.9. The van der Waals surface area contributed by atoms with E-state index in [0.717, 1.165) is 0 Å². The molecule has 0 radical (unpaired) electrons. The predicted molar refractivity (Wildman–Crippen MR) is 132 cm³/mol. The summed E-state index contributed by atoms with van der Waals surface area (Å²) in [6, 6.07) is 10.3. The molecule has 1 aromatic rings. The van der Waals surface area contributed by atoms with Gasteiger partial charge in [-0.1, -0.05) is 65.0 Å². The van der Waals surface area contributed by atoms with Crippen molar-refractivity contribution < 1.29 is 22.7 Å². The van der Waals surface area contributed by atoms with Crippen molar-refractivity contribution in [2.45, 2.75) is 79.0 Å². The van der Waals surface area contributed by atoms with E-state index < -0.39 is 12.3 Å². The van der Waals surface area contributed by atoms with Crippen molar-refractivity contribution >= 4 is 32.5 Å². The Hall–Kier alpha value is 0.282. The monoisotopic (exact) mass is 560 g/mol. The summed E-state index contributed by atoms with van der Waals surface area (Å²) in [6.07, 6.45) is -0.251. The lowest BCUT2D eigenvalue weighted by Crippen LogP contribution is -2.54. The average Bonchev–Trinajstić information content (AvgIpc) is 2.77. The molecular formula is C24H38AlIO5. The van der Waals surface area contributed by atoms with Crippen LogP contribution in [0.5, 0.6) is 0 Å². The molecule has 2 heterocycles. The van der Waals surface area contributed by atoms with E-state index in [-0.39, 0.29) is 42.7 Å². The van der Waals surface area contributed by atoms with Gasteiger partial charge in [0.2, 0.25) is 0 Å². The molecule has 0 aliphatic carbocycles. The van der Waals surface area contributed by atoms with E-state index in [0.29, 0.717) is 31.0 Å². The van der Waals surface area contributed by atoms with Crippen LogP contribution in [0.25, 0.3) is 0 Å². The molecule has 5 nitrogen and oxygen atoms in total. The van der Waals surface area contributed by atoms with Gasteiger partial charge in [-0.15, -0.1) is 0 Å². The molecule has 2 saturated heterocycles. The molecule has 2 aliphatic rings. The van der Waals surface area contributed by atoms with E-state index >= 15 is 0 Å². The number of hydrogen-bond donors (Lipinski definition) is 0. The number of halogens is 1. The molecule has 0 aromatic heterocycles. The molecule has 0 N–H and O–H groups in total. The first-order chi connectivity index (χ1) is 14.8. The Morgan fingerprint density at radius 2 is 1.55 bits per heavy atom. The average molecular weight is 560 g/mol. The molecule has 1 aromatic carbocycles. The van der Waals surface area contributed by atoms with Gasteiger partial charge in [-0.2, -0.15) is 20.3 Å². The van der Waals surface area contributed by atoms with Crippen LogP contribution in [0.15, 0.2) is 30.3 Å². The summed E-state index contributed by atoms with van der Waals surface area (Å²) in [6.45, 7) is 14.5. The molecule has 10 atom stereocenters. The Morgan fingerprint density at radius 1 is 0.839 bits per heavy atom. The molecule has 0 amide bonds. The highest BCUT2D eigenvalue weighted by Gasteiger charge is 2.46. The Balaban J connectivity index is 1.63. The van der Waals surface area contributed by atoms with Gasteiger partial charge >= 0.3 is 12.3 Å². The molecule has 0 saturated carbocycles. The van der Waals surface area contributed by atoms with Crippen LogP contribution in [-0.4, -0.2) is 49.8 Å². The maximum atomic E-state index is 6.70. The van der Waals surface area contributed by atoms with Crippen molar-refractivity contribution in [1.29, 1.82) is 0 Å². The number of ether oxygens (including phenoxy) is 4. The topological polar surface area (TPSA) is 46.2 Å². The molecule has 7 heteroatoms. The fourth-order valence-electron chi connectivity index (χ4n) is 4.72. The maximum Gasteiger partial charge on any atom is 0.527 e. The summed E-state index contributed by atoms with van der Waals surface area (Å²) in [7, 11) is 0. The van der Waals surface area contributed by atoms with Gasteiger partial charge in [0.05, 0.1) is 31.5 Å². The SMILES string of the molecule is CC1C(C)[C@H](C)[C@H](COCc2ccccc2)O[C@@H]1O[C@@H]1C(C)[C@H]([O][AlH][I])OC(C)[C@@H]1C. The van der Waals surface area contributed by atoms with Crippen molar-refractivity contribution in [3.05, 3.63) is 35.9 Å². The second-order valence-electron chi connectivity index (χ2n) is 9.43. The quantitative estimate of drug-likeness (QED) is 0.333. The Labute approximate surface area is 205 Å². The second kappa shape index (κ2) is 12.1. The normalized spacial score (nSPS) is 41.1. The smallest absolute Gasteiger partial charge is 0.472 e. The summed E-state index contributed by atoms with van der Waals surface area (Å²) < 4.78 is 31.4. The number of benzene rings is 1. The van der Waals surface area contributed by atoms with Crippen molar-refractivity contribution in [2.75, 3.05) is 6.61 Å². The van der Waals surface area contributed by atoms with E-state index in [2.05, 4.69) is 73.9 Å². The van der Waals surface area contributed by atoms with Gasteiger partial charge in [0.25, 0.3) is 0 Å². The number of hydrogen-bond acceptors (Lipinski definition) is 5. The molecule has 3 rings (SSSR count). The van der Waals surface area contributed by atoms with Crippen LogP contribution in [0.4, 0.5) is 0 Å². The third kappa shape index (κ3) is 6.45. The second-order valence-corrected chi connectivity index (χ2v) is 11.8. The number of rotatable bonds is 8. The van der Waals surface area contributed by atoms with E-state index in [1.807, 2.05) is 18.2 Å². The molecular weight excluding hydrogens is 522 g/mol. The lowest BCUT2D eigenvalue weighted by atomic mass is 9.78. The van der Waals surface area contributed by atoms with E-state index in [1.54, 1.807) is 0 Å². The Bertz CT molecular complexity index is 665. The minimum atomic E-state index is -0.580.